The second-order valence-electron chi connectivity index (χ2n) is 4.28. The third kappa shape index (κ3) is 3.34. The Kier molecular flexibility index (Phi) is 4.32. The lowest BCUT2D eigenvalue weighted by atomic mass is 9.93. The Morgan fingerprint density at radius 3 is 2.47 bits per heavy atom. The molecule has 0 unspecified atom stereocenters. The second kappa shape index (κ2) is 5.53. The maximum absolute atomic E-state index is 10.8. The molecule has 1 rings (SSSR count). The predicted molar refractivity (Wildman–Crippen MR) is 68.2 cm³/mol. The molecule has 1 N–H and O–H groups in total. The van der Waals surface area contributed by atoms with E-state index < -0.39 is 5.97 Å². The van der Waals surface area contributed by atoms with Gasteiger partial charge in [-0.1, -0.05) is 19.9 Å². The molecule has 0 aliphatic carbocycles. The SMILES string of the molecule is COc1ccc(/C(=C/C(=O)O)C(C)C)cc1C. The van der Waals surface area contributed by atoms with Crippen LogP contribution in [0.25, 0.3) is 5.57 Å². The van der Waals surface area contributed by atoms with Gasteiger partial charge >= 0.3 is 5.97 Å². The number of ether oxygens (including phenoxy) is 1. The van der Waals surface area contributed by atoms with Crippen molar-refractivity contribution in [1.82, 2.24) is 0 Å². The monoisotopic (exact) mass is 234 g/mol. The molecular weight excluding hydrogens is 216 g/mol. The zero-order chi connectivity index (χ0) is 13.0. The average Bonchev–Trinajstić information content (AvgIpc) is 2.25. The van der Waals surface area contributed by atoms with E-state index in [1.54, 1.807) is 7.11 Å². The van der Waals surface area contributed by atoms with Gasteiger partial charge in [0.15, 0.2) is 0 Å². The molecule has 17 heavy (non-hydrogen) atoms. The number of methoxy groups -OCH3 is 1. The molecule has 0 spiro atoms. The van der Waals surface area contributed by atoms with Gasteiger partial charge in [0, 0.05) is 6.08 Å². The van der Waals surface area contributed by atoms with Gasteiger partial charge < -0.3 is 9.84 Å². The minimum atomic E-state index is -0.915. The number of carboxylic acid groups (broad SMARTS) is 1. The van der Waals surface area contributed by atoms with Crippen LogP contribution in [0.4, 0.5) is 0 Å². The van der Waals surface area contributed by atoms with E-state index in [2.05, 4.69) is 0 Å². The first-order chi connectivity index (χ1) is 7.95. The van der Waals surface area contributed by atoms with E-state index in [0.29, 0.717) is 0 Å². The molecule has 0 aliphatic heterocycles. The van der Waals surface area contributed by atoms with Gasteiger partial charge in [-0.15, -0.1) is 0 Å². The molecule has 1 aromatic rings. The lowest BCUT2D eigenvalue weighted by Gasteiger charge is -2.13. The van der Waals surface area contributed by atoms with Crippen molar-refractivity contribution in [3.63, 3.8) is 0 Å². The lowest BCUT2D eigenvalue weighted by Crippen LogP contribution is -1.99. The average molecular weight is 234 g/mol. The van der Waals surface area contributed by atoms with Crippen molar-refractivity contribution in [2.45, 2.75) is 20.8 Å². The molecule has 1 aromatic carbocycles. The summed E-state index contributed by atoms with van der Waals surface area (Å²) in [7, 11) is 1.62. The number of carboxylic acids is 1. The number of rotatable bonds is 4. The van der Waals surface area contributed by atoms with Crippen LogP contribution in [0, 0.1) is 12.8 Å². The molecule has 0 heterocycles. The van der Waals surface area contributed by atoms with E-state index in [-0.39, 0.29) is 5.92 Å². The molecule has 0 fully saturated rings. The summed E-state index contributed by atoms with van der Waals surface area (Å²) in [5, 5.41) is 8.86. The second-order valence-corrected chi connectivity index (χ2v) is 4.28. The highest BCUT2D eigenvalue weighted by Crippen LogP contribution is 2.27. The number of aryl methyl sites for hydroxylation is 1. The molecule has 0 aliphatic rings. The van der Waals surface area contributed by atoms with Crippen molar-refractivity contribution in [3.05, 3.63) is 35.4 Å². The summed E-state index contributed by atoms with van der Waals surface area (Å²) in [6.45, 7) is 5.91. The Hall–Kier alpha value is -1.77. The van der Waals surface area contributed by atoms with Gasteiger partial charge in [-0.2, -0.15) is 0 Å². The number of carbonyl (C=O) groups is 1. The van der Waals surface area contributed by atoms with Gasteiger partial charge in [-0.05, 0) is 41.7 Å². The van der Waals surface area contributed by atoms with E-state index in [9.17, 15) is 4.79 Å². The highest BCUT2D eigenvalue weighted by atomic mass is 16.5. The largest absolute Gasteiger partial charge is 0.496 e. The van der Waals surface area contributed by atoms with Crippen molar-refractivity contribution >= 4 is 11.5 Å². The summed E-state index contributed by atoms with van der Waals surface area (Å²) in [5.74, 6) is 0.0632. The van der Waals surface area contributed by atoms with Crippen LogP contribution in [0.15, 0.2) is 24.3 Å². The molecular formula is C14H18O3. The van der Waals surface area contributed by atoms with Crippen LogP contribution in [-0.4, -0.2) is 18.2 Å². The number of benzene rings is 1. The summed E-state index contributed by atoms with van der Waals surface area (Å²) in [5.41, 5.74) is 2.76. The Morgan fingerprint density at radius 2 is 2.06 bits per heavy atom. The minimum absolute atomic E-state index is 0.166. The Bertz CT molecular complexity index is 445. The maximum atomic E-state index is 10.8. The van der Waals surface area contributed by atoms with Gasteiger partial charge in [-0.25, -0.2) is 4.79 Å². The minimum Gasteiger partial charge on any atom is -0.496 e. The first kappa shape index (κ1) is 13.3. The van der Waals surface area contributed by atoms with Gasteiger partial charge in [0.2, 0.25) is 0 Å². The summed E-state index contributed by atoms with van der Waals surface area (Å²) < 4.78 is 5.19. The lowest BCUT2D eigenvalue weighted by molar-refractivity contribution is -0.131. The van der Waals surface area contributed by atoms with E-state index in [1.165, 1.54) is 6.08 Å². The summed E-state index contributed by atoms with van der Waals surface area (Å²) in [6, 6.07) is 5.71. The topological polar surface area (TPSA) is 46.5 Å². The van der Waals surface area contributed by atoms with Gasteiger partial charge in [0.1, 0.15) is 5.75 Å². The number of aliphatic carboxylic acids is 1. The number of allylic oxidation sites excluding steroid dienone is 1. The van der Waals surface area contributed by atoms with E-state index >= 15 is 0 Å². The van der Waals surface area contributed by atoms with Crippen molar-refractivity contribution in [2.24, 2.45) is 5.92 Å². The molecule has 0 radical (unpaired) electrons. The standard InChI is InChI=1S/C14H18O3/c1-9(2)12(8-14(15)16)11-5-6-13(17-4)10(3)7-11/h5-9H,1-4H3,(H,15,16)/b12-8+. The summed E-state index contributed by atoms with van der Waals surface area (Å²) >= 11 is 0. The molecule has 92 valence electrons. The number of hydrogen-bond donors (Lipinski definition) is 1. The normalized spacial score (nSPS) is 11.7. The zero-order valence-electron chi connectivity index (χ0n) is 10.7. The van der Waals surface area contributed by atoms with E-state index in [0.717, 1.165) is 22.4 Å². The van der Waals surface area contributed by atoms with Crippen LogP contribution in [0.1, 0.15) is 25.0 Å². The zero-order valence-corrected chi connectivity index (χ0v) is 10.7. The molecule has 0 saturated carbocycles. The first-order valence-electron chi connectivity index (χ1n) is 5.55. The summed E-state index contributed by atoms with van der Waals surface area (Å²) in [6.07, 6.45) is 1.27. The van der Waals surface area contributed by atoms with Gasteiger partial charge in [0.25, 0.3) is 0 Å². The van der Waals surface area contributed by atoms with Crippen LogP contribution in [0.3, 0.4) is 0 Å². The molecule has 3 nitrogen and oxygen atoms in total. The van der Waals surface area contributed by atoms with E-state index in [4.69, 9.17) is 9.84 Å². The fourth-order valence-electron chi connectivity index (χ4n) is 1.77. The van der Waals surface area contributed by atoms with Crippen molar-refractivity contribution in [3.8, 4) is 5.75 Å². The molecule has 0 aromatic heterocycles. The quantitative estimate of drug-likeness (QED) is 0.814. The predicted octanol–water partition coefficient (Wildman–Crippen LogP) is 3.13. The number of hydrogen-bond acceptors (Lipinski definition) is 2. The van der Waals surface area contributed by atoms with Crippen LogP contribution in [0.2, 0.25) is 0 Å². The van der Waals surface area contributed by atoms with Crippen molar-refractivity contribution in [2.75, 3.05) is 7.11 Å². The van der Waals surface area contributed by atoms with Gasteiger partial charge in [0.05, 0.1) is 7.11 Å². The van der Waals surface area contributed by atoms with Crippen molar-refractivity contribution < 1.29 is 14.6 Å². The van der Waals surface area contributed by atoms with E-state index in [1.807, 2.05) is 39.0 Å². The Labute approximate surface area is 102 Å². The Balaban J connectivity index is 3.21. The van der Waals surface area contributed by atoms with Crippen molar-refractivity contribution in [1.29, 1.82) is 0 Å². The maximum Gasteiger partial charge on any atom is 0.328 e. The molecule has 0 bridgehead atoms. The third-order valence-electron chi connectivity index (χ3n) is 2.63. The highest BCUT2D eigenvalue weighted by Gasteiger charge is 2.10. The first-order valence-corrected chi connectivity index (χ1v) is 5.55. The fraction of sp³-hybridized carbons (Fsp3) is 0.357. The summed E-state index contributed by atoms with van der Waals surface area (Å²) in [4.78, 5) is 10.8. The smallest absolute Gasteiger partial charge is 0.328 e. The third-order valence-corrected chi connectivity index (χ3v) is 2.63. The van der Waals surface area contributed by atoms with Crippen LogP contribution < -0.4 is 4.74 Å². The molecule has 0 atom stereocenters. The van der Waals surface area contributed by atoms with Crippen LogP contribution in [0.5, 0.6) is 5.75 Å². The highest BCUT2D eigenvalue weighted by molar-refractivity contribution is 5.90. The van der Waals surface area contributed by atoms with Crippen LogP contribution >= 0.6 is 0 Å². The molecule has 0 saturated heterocycles. The molecule has 3 heteroatoms. The van der Waals surface area contributed by atoms with Gasteiger partial charge in [-0.3, -0.25) is 0 Å². The van der Waals surface area contributed by atoms with Crippen LogP contribution in [-0.2, 0) is 4.79 Å². The fourth-order valence-corrected chi connectivity index (χ4v) is 1.77. The molecule has 0 amide bonds. The Morgan fingerprint density at radius 1 is 1.41 bits per heavy atom.